The maximum absolute atomic E-state index is 13.4. The van der Waals surface area contributed by atoms with Gasteiger partial charge in [0, 0.05) is 12.2 Å². The van der Waals surface area contributed by atoms with E-state index < -0.39 is 15.8 Å². The Kier molecular flexibility index (Phi) is 3.13. The largest absolute Gasteiger partial charge is 0.399 e. The molecule has 2 aromatic rings. The normalized spacial score (nSPS) is 14.3. The van der Waals surface area contributed by atoms with Gasteiger partial charge >= 0.3 is 0 Å². The molecule has 6 heteroatoms. The van der Waals surface area contributed by atoms with E-state index in [9.17, 15) is 12.8 Å². The summed E-state index contributed by atoms with van der Waals surface area (Å²) in [6, 6.07) is 8.95. The Hall–Kier alpha value is -2.08. The Bertz CT molecular complexity index is 798. The van der Waals surface area contributed by atoms with Crippen LogP contribution in [0.1, 0.15) is 11.1 Å². The molecule has 0 saturated carbocycles. The summed E-state index contributed by atoms with van der Waals surface area (Å²) in [4.78, 5) is 0.136. The van der Waals surface area contributed by atoms with Gasteiger partial charge < -0.3 is 5.73 Å². The van der Waals surface area contributed by atoms with Crippen LogP contribution in [0.5, 0.6) is 0 Å². The van der Waals surface area contributed by atoms with Gasteiger partial charge in [-0.15, -0.1) is 0 Å². The summed E-state index contributed by atoms with van der Waals surface area (Å²) in [5, 5.41) is 0. The van der Waals surface area contributed by atoms with Crippen LogP contribution in [-0.4, -0.2) is 15.0 Å². The highest BCUT2D eigenvalue weighted by atomic mass is 32.2. The molecule has 4 nitrogen and oxygen atoms in total. The first-order valence-corrected chi connectivity index (χ1v) is 8.00. The van der Waals surface area contributed by atoms with E-state index in [1.807, 2.05) is 0 Å². The fraction of sp³-hybridized carbons (Fsp3) is 0.200. The molecule has 0 amide bonds. The molecule has 21 heavy (non-hydrogen) atoms. The number of hydrogen-bond acceptors (Lipinski definition) is 3. The van der Waals surface area contributed by atoms with Crippen molar-refractivity contribution in [1.29, 1.82) is 0 Å². The number of sulfonamides is 1. The molecule has 1 aliphatic heterocycles. The number of aryl methyl sites for hydroxylation is 1. The molecule has 0 bridgehead atoms. The van der Waals surface area contributed by atoms with Gasteiger partial charge in [-0.05, 0) is 54.8 Å². The Morgan fingerprint density at radius 1 is 1.19 bits per heavy atom. The maximum Gasteiger partial charge on any atom is 0.264 e. The number of rotatable bonds is 2. The minimum Gasteiger partial charge on any atom is -0.399 e. The first-order valence-electron chi connectivity index (χ1n) is 6.56. The summed E-state index contributed by atoms with van der Waals surface area (Å²) in [5.74, 6) is -0.445. The molecule has 2 aromatic carbocycles. The highest BCUT2D eigenvalue weighted by Gasteiger charge is 2.31. The van der Waals surface area contributed by atoms with Crippen molar-refractivity contribution in [3.8, 4) is 0 Å². The van der Waals surface area contributed by atoms with Crippen LogP contribution in [-0.2, 0) is 16.4 Å². The van der Waals surface area contributed by atoms with E-state index in [-0.39, 0.29) is 4.90 Å². The predicted molar refractivity (Wildman–Crippen MR) is 80.2 cm³/mol. The molecule has 0 atom stereocenters. The topological polar surface area (TPSA) is 63.4 Å². The standard InChI is InChI=1S/C15H15FN2O2S/c1-10-6-13(17)9-14(7-10)21(19,20)18-5-4-11-2-3-12(16)8-15(11)18/h2-3,6-9H,4-5,17H2,1H3. The summed E-state index contributed by atoms with van der Waals surface area (Å²) < 4.78 is 40.2. The third kappa shape index (κ3) is 2.35. The molecule has 0 aliphatic carbocycles. The van der Waals surface area contributed by atoms with E-state index in [0.717, 1.165) is 11.1 Å². The van der Waals surface area contributed by atoms with E-state index in [0.29, 0.717) is 24.3 Å². The van der Waals surface area contributed by atoms with E-state index in [1.54, 1.807) is 25.1 Å². The van der Waals surface area contributed by atoms with Gasteiger partial charge in [0.1, 0.15) is 5.82 Å². The predicted octanol–water partition coefficient (Wildman–Crippen LogP) is 2.47. The smallest absolute Gasteiger partial charge is 0.264 e. The van der Waals surface area contributed by atoms with Crippen LogP contribution in [0.3, 0.4) is 0 Å². The minimum absolute atomic E-state index is 0.136. The second kappa shape index (κ2) is 4.73. The third-order valence-electron chi connectivity index (χ3n) is 3.56. The second-order valence-electron chi connectivity index (χ2n) is 5.18. The summed E-state index contributed by atoms with van der Waals surface area (Å²) in [6.45, 7) is 2.10. The lowest BCUT2D eigenvalue weighted by Crippen LogP contribution is -2.29. The van der Waals surface area contributed by atoms with Crippen molar-refractivity contribution < 1.29 is 12.8 Å². The molecular formula is C15H15FN2O2S. The molecule has 1 aliphatic rings. The fourth-order valence-corrected chi connectivity index (χ4v) is 4.26. The van der Waals surface area contributed by atoms with Gasteiger partial charge in [0.15, 0.2) is 0 Å². The highest BCUT2D eigenvalue weighted by molar-refractivity contribution is 7.92. The van der Waals surface area contributed by atoms with Gasteiger partial charge in [-0.25, -0.2) is 12.8 Å². The summed E-state index contributed by atoms with van der Waals surface area (Å²) in [7, 11) is -3.73. The molecule has 2 N–H and O–H groups in total. The van der Waals surface area contributed by atoms with Crippen molar-refractivity contribution in [2.75, 3.05) is 16.6 Å². The van der Waals surface area contributed by atoms with Crippen LogP contribution < -0.4 is 10.0 Å². The number of nitrogens with zero attached hydrogens (tertiary/aromatic N) is 1. The van der Waals surface area contributed by atoms with Gasteiger partial charge in [0.25, 0.3) is 10.0 Å². The molecular weight excluding hydrogens is 291 g/mol. The van der Waals surface area contributed by atoms with E-state index in [4.69, 9.17) is 5.73 Å². The lowest BCUT2D eigenvalue weighted by atomic mass is 10.2. The van der Waals surface area contributed by atoms with Gasteiger partial charge in [-0.2, -0.15) is 0 Å². The van der Waals surface area contributed by atoms with Crippen LogP contribution in [0.2, 0.25) is 0 Å². The SMILES string of the molecule is Cc1cc(N)cc(S(=O)(=O)N2CCc3ccc(F)cc32)c1. The Morgan fingerprint density at radius 2 is 1.95 bits per heavy atom. The Balaban J connectivity index is 2.11. The third-order valence-corrected chi connectivity index (χ3v) is 5.35. The summed E-state index contributed by atoms with van der Waals surface area (Å²) in [6.07, 6.45) is 0.580. The quantitative estimate of drug-likeness (QED) is 0.867. The van der Waals surface area contributed by atoms with Crippen molar-refractivity contribution >= 4 is 21.4 Å². The van der Waals surface area contributed by atoms with Crippen molar-refractivity contribution in [2.45, 2.75) is 18.2 Å². The molecule has 0 fully saturated rings. The molecule has 0 aromatic heterocycles. The number of fused-ring (bicyclic) bond motifs is 1. The van der Waals surface area contributed by atoms with Crippen molar-refractivity contribution in [1.82, 2.24) is 0 Å². The summed E-state index contributed by atoms with van der Waals surface area (Å²) >= 11 is 0. The van der Waals surface area contributed by atoms with Crippen LogP contribution in [0.15, 0.2) is 41.3 Å². The van der Waals surface area contributed by atoms with Crippen LogP contribution >= 0.6 is 0 Å². The maximum atomic E-state index is 13.4. The van der Waals surface area contributed by atoms with Crippen molar-refractivity contribution in [2.24, 2.45) is 0 Å². The lowest BCUT2D eigenvalue weighted by molar-refractivity contribution is 0.592. The molecule has 0 spiro atoms. The first kappa shape index (κ1) is 13.9. The minimum atomic E-state index is -3.73. The van der Waals surface area contributed by atoms with Crippen LogP contribution in [0.4, 0.5) is 15.8 Å². The highest BCUT2D eigenvalue weighted by Crippen LogP contribution is 2.34. The zero-order valence-electron chi connectivity index (χ0n) is 11.5. The number of benzene rings is 2. The zero-order valence-corrected chi connectivity index (χ0v) is 12.3. The van der Waals surface area contributed by atoms with E-state index in [1.165, 1.54) is 22.5 Å². The monoisotopic (exact) mass is 306 g/mol. The average molecular weight is 306 g/mol. The van der Waals surface area contributed by atoms with Gasteiger partial charge in [0.05, 0.1) is 10.6 Å². The first-order chi connectivity index (χ1) is 9.88. The van der Waals surface area contributed by atoms with Crippen LogP contribution in [0, 0.1) is 12.7 Å². The molecule has 0 saturated heterocycles. The fourth-order valence-electron chi connectivity index (χ4n) is 2.63. The summed E-state index contributed by atoms with van der Waals surface area (Å²) in [5.41, 5.74) is 8.14. The number of hydrogen-bond donors (Lipinski definition) is 1. The van der Waals surface area contributed by atoms with Gasteiger partial charge in [-0.3, -0.25) is 4.31 Å². The van der Waals surface area contributed by atoms with Gasteiger partial charge in [-0.1, -0.05) is 6.07 Å². The molecule has 0 unspecified atom stereocenters. The molecule has 1 heterocycles. The Labute approximate surface area is 123 Å². The second-order valence-corrected chi connectivity index (χ2v) is 7.04. The van der Waals surface area contributed by atoms with E-state index >= 15 is 0 Å². The number of nitrogen functional groups attached to an aromatic ring is 1. The van der Waals surface area contributed by atoms with Gasteiger partial charge in [0.2, 0.25) is 0 Å². The molecule has 0 radical (unpaired) electrons. The average Bonchev–Trinajstić information content (AvgIpc) is 2.81. The number of anilines is 2. The lowest BCUT2D eigenvalue weighted by Gasteiger charge is -2.20. The van der Waals surface area contributed by atoms with E-state index in [2.05, 4.69) is 0 Å². The zero-order chi connectivity index (χ0) is 15.2. The number of halogens is 1. The molecule has 110 valence electrons. The van der Waals surface area contributed by atoms with Crippen molar-refractivity contribution in [3.05, 3.63) is 53.3 Å². The van der Waals surface area contributed by atoms with Crippen molar-refractivity contribution in [3.63, 3.8) is 0 Å². The van der Waals surface area contributed by atoms with Crippen LogP contribution in [0.25, 0.3) is 0 Å². The number of nitrogens with two attached hydrogens (primary N) is 1. The molecule has 3 rings (SSSR count). The Morgan fingerprint density at radius 3 is 2.67 bits per heavy atom.